The van der Waals surface area contributed by atoms with E-state index in [2.05, 4.69) is 51.7 Å². The van der Waals surface area contributed by atoms with E-state index in [-0.39, 0.29) is 11.4 Å². The van der Waals surface area contributed by atoms with Crippen LogP contribution in [0.1, 0.15) is 31.5 Å². The number of nitrogens with zero attached hydrogens (tertiary/aromatic N) is 3. The van der Waals surface area contributed by atoms with Crippen LogP contribution < -0.4 is 10.6 Å². The van der Waals surface area contributed by atoms with Gasteiger partial charge in [0.25, 0.3) is 0 Å². The van der Waals surface area contributed by atoms with Crippen molar-refractivity contribution in [2.24, 2.45) is 0 Å². The predicted molar refractivity (Wildman–Crippen MR) is 102 cm³/mol. The fraction of sp³-hybridized carbons (Fsp3) is 0.450. The molecule has 1 saturated heterocycles. The lowest BCUT2D eigenvalue weighted by atomic mass is 9.99. The molecule has 1 fully saturated rings. The van der Waals surface area contributed by atoms with Crippen molar-refractivity contribution in [3.05, 3.63) is 41.6 Å². The molecule has 2 aliphatic rings. The van der Waals surface area contributed by atoms with Gasteiger partial charge in [-0.1, -0.05) is 6.07 Å². The Morgan fingerprint density at radius 2 is 2.04 bits per heavy atom. The Hall–Kier alpha value is -2.31. The summed E-state index contributed by atoms with van der Waals surface area (Å²) in [5.41, 5.74) is 5.13. The molecule has 0 unspecified atom stereocenters. The SMILES string of the molecule is CC1(C)CN(Cc2ccc(-c3ccc4c(c3)CCC(=O)N4)nn2)CCN1. The molecule has 0 atom stereocenters. The van der Waals surface area contributed by atoms with Gasteiger partial charge in [-0.2, -0.15) is 10.2 Å². The molecule has 0 saturated carbocycles. The second kappa shape index (κ2) is 6.78. The first-order chi connectivity index (χ1) is 12.5. The van der Waals surface area contributed by atoms with Crippen LogP contribution in [0.25, 0.3) is 11.3 Å². The number of aryl methyl sites for hydroxylation is 1. The van der Waals surface area contributed by atoms with E-state index in [4.69, 9.17) is 0 Å². The van der Waals surface area contributed by atoms with Gasteiger partial charge in [0.2, 0.25) is 5.91 Å². The average molecular weight is 351 g/mol. The van der Waals surface area contributed by atoms with Gasteiger partial charge in [0.05, 0.1) is 11.4 Å². The maximum absolute atomic E-state index is 11.5. The first kappa shape index (κ1) is 17.1. The van der Waals surface area contributed by atoms with Gasteiger partial charge in [-0.05, 0) is 50.1 Å². The molecule has 2 aromatic rings. The molecule has 6 nitrogen and oxygen atoms in total. The van der Waals surface area contributed by atoms with Crippen molar-refractivity contribution in [2.75, 3.05) is 25.0 Å². The Labute approximate surface area is 154 Å². The Bertz CT molecular complexity index is 815. The van der Waals surface area contributed by atoms with E-state index >= 15 is 0 Å². The van der Waals surface area contributed by atoms with Crippen molar-refractivity contribution in [1.82, 2.24) is 20.4 Å². The summed E-state index contributed by atoms with van der Waals surface area (Å²) in [6.45, 7) is 8.33. The Morgan fingerprint density at radius 1 is 1.15 bits per heavy atom. The number of fused-ring (bicyclic) bond motifs is 1. The number of hydrogen-bond acceptors (Lipinski definition) is 5. The van der Waals surface area contributed by atoms with Crippen molar-refractivity contribution in [3.8, 4) is 11.3 Å². The van der Waals surface area contributed by atoms with Gasteiger partial charge in [0, 0.05) is 49.4 Å². The van der Waals surface area contributed by atoms with Crippen LogP contribution in [0.3, 0.4) is 0 Å². The van der Waals surface area contributed by atoms with Crippen molar-refractivity contribution in [2.45, 2.75) is 38.8 Å². The average Bonchev–Trinajstić information content (AvgIpc) is 2.61. The molecule has 6 heteroatoms. The largest absolute Gasteiger partial charge is 0.326 e. The minimum atomic E-state index is 0.0884. The van der Waals surface area contributed by atoms with E-state index in [9.17, 15) is 4.79 Å². The third-order valence-electron chi connectivity index (χ3n) is 5.05. The summed E-state index contributed by atoms with van der Waals surface area (Å²) in [5.74, 6) is 0.0884. The zero-order chi connectivity index (χ0) is 18.1. The summed E-state index contributed by atoms with van der Waals surface area (Å²) >= 11 is 0. The quantitative estimate of drug-likeness (QED) is 0.887. The van der Waals surface area contributed by atoms with E-state index in [0.717, 1.165) is 60.8 Å². The molecule has 2 aliphatic heterocycles. The molecule has 4 rings (SSSR count). The topological polar surface area (TPSA) is 70.2 Å². The van der Waals surface area contributed by atoms with Crippen LogP contribution >= 0.6 is 0 Å². The summed E-state index contributed by atoms with van der Waals surface area (Å²) in [4.78, 5) is 13.9. The van der Waals surface area contributed by atoms with E-state index < -0.39 is 0 Å². The Balaban J connectivity index is 1.47. The number of hydrogen-bond donors (Lipinski definition) is 2. The Morgan fingerprint density at radius 3 is 2.81 bits per heavy atom. The van der Waals surface area contributed by atoms with Crippen LogP contribution in [0.4, 0.5) is 5.69 Å². The number of carbonyl (C=O) groups is 1. The highest BCUT2D eigenvalue weighted by molar-refractivity contribution is 5.94. The van der Waals surface area contributed by atoms with Gasteiger partial charge in [-0.15, -0.1) is 0 Å². The molecular weight excluding hydrogens is 326 g/mol. The molecule has 0 aliphatic carbocycles. The number of amides is 1. The molecule has 136 valence electrons. The van der Waals surface area contributed by atoms with Gasteiger partial charge in [0.1, 0.15) is 0 Å². The molecule has 0 bridgehead atoms. The minimum Gasteiger partial charge on any atom is -0.326 e. The highest BCUT2D eigenvalue weighted by atomic mass is 16.1. The third kappa shape index (κ3) is 3.76. The molecule has 26 heavy (non-hydrogen) atoms. The van der Waals surface area contributed by atoms with Crippen LogP contribution in [0, 0.1) is 0 Å². The number of nitrogens with one attached hydrogen (secondary N) is 2. The van der Waals surface area contributed by atoms with Crippen molar-refractivity contribution in [1.29, 1.82) is 0 Å². The number of aromatic nitrogens is 2. The molecule has 1 aromatic heterocycles. The summed E-state index contributed by atoms with van der Waals surface area (Å²) < 4.78 is 0. The van der Waals surface area contributed by atoms with Gasteiger partial charge >= 0.3 is 0 Å². The lowest BCUT2D eigenvalue weighted by molar-refractivity contribution is -0.116. The number of rotatable bonds is 3. The fourth-order valence-corrected chi connectivity index (χ4v) is 3.75. The minimum absolute atomic E-state index is 0.0884. The fourth-order valence-electron chi connectivity index (χ4n) is 3.75. The number of piperazine rings is 1. The first-order valence-electron chi connectivity index (χ1n) is 9.22. The molecule has 0 spiro atoms. The zero-order valence-electron chi connectivity index (χ0n) is 15.4. The summed E-state index contributed by atoms with van der Waals surface area (Å²) in [6.07, 6.45) is 1.32. The molecule has 2 N–H and O–H groups in total. The molecule has 3 heterocycles. The second-order valence-electron chi connectivity index (χ2n) is 7.85. The highest BCUT2D eigenvalue weighted by Gasteiger charge is 2.25. The summed E-state index contributed by atoms with van der Waals surface area (Å²) in [5, 5.41) is 15.3. The van der Waals surface area contributed by atoms with E-state index in [1.165, 1.54) is 0 Å². The van der Waals surface area contributed by atoms with E-state index in [1.54, 1.807) is 0 Å². The normalized spacial score (nSPS) is 19.7. The Kier molecular flexibility index (Phi) is 4.46. The summed E-state index contributed by atoms with van der Waals surface area (Å²) in [7, 11) is 0. The van der Waals surface area contributed by atoms with Crippen LogP contribution in [-0.2, 0) is 17.8 Å². The van der Waals surface area contributed by atoms with E-state index in [0.29, 0.717) is 6.42 Å². The standard InChI is InChI=1S/C20H25N5O/c1-20(2)13-25(10-9-21-20)12-16-5-7-18(24-23-16)15-3-6-17-14(11-15)4-8-19(26)22-17/h3,5-7,11,21H,4,8-10,12-13H2,1-2H3,(H,22,26). The first-order valence-corrected chi connectivity index (χ1v) is 9.22. The molecular formula is C20H25N5O. The van der Waals surface area contributed by atoms with Crippen LogP contribution in [0.15, 0.2) is 30.3 Å². The van der Waals surface area contributed by atoms with Gasteiger partial charge in [-0.3, -0.25) is 9.69 Å². The zero-order valence-corrected chi connectivity index (χ0v) is 15.4. The number of carbonyl (C=O) groups excluding carboxylic acids is 1. The maximum Gasteiger partial charge on any atom is 0.224 e. The molecule has 1 amide bonds. The van der Waals surface area contributed by atoms with Crippen molar-refractivity contribution < 1.29 is 4.79 Å². The summed E-state index contributed by atoms with van der Waals surface area (Å²) in [6, 6.07) is 10.2. The lowest BCUT2D eigenvalue weighted by Crippen LogP contribution is -2.56. The van der Waals surface area contributed by atoms with E-state index in [1.807, 2.05) is 18.2 Å². The maximum atomic E-state index is 11.5. The van der Waals surface area contributed by atoms with Gasteiger partial charge < -0.3 is 10.6 Å². The second-order valence-corrected chi connectivity index (χ2v) is 7.85. The predicted octanol–water partition coefficient (Wildman–Crippen LogP) is 2.21. The third-order valence-corrected chi connectivity index (χ3v) is 5.05. The van der Waals surface area contributed by atoms with Crippen LogP contribution in [0.5, 0.6) is 0 Å². The highest BCUT2D eigenvalue weighted by Crippen LogP contribution is 2.27. The molecule has 1 aromatic carbocycles. The monoisotopic (exact) mass is 351 g/mol. The lowest BCUT2D eigenvalue weighted by Gasteiger charge is -2.38. The smallest absolute Gasteiger partial charge is 0.224 e. The van der Waals surface area contributed by atoms with Gasteiger partial charge in [-0.25, -0.2) is 0 Å². The molecule has 0 radical (unpaired) electrons. The van der Waals surface area contributed by atoms with Crippen molar-refractivity contribution in [3.63, 3.8) is 0 Å². The van der Waals surface area contributed by atoms with Crippen LogP contribution in [-0.4, -0.2) is 46.2 Å². The van der Waals surface area contributed by atoms with Gasteiger partial charge in [0.15, 0.2) is 0 Å². The van der Waals surface area contributed by atoms with Crippen LogP contribution in [0.2, 0.25) is 0 Å². The van der Waals surface area contributed by atoms with Crippen molar-refractivity contribution >= 4 is 11.6 Å². The number of anilines is 1. The number of benzene rings is 1.